The normalized spacial score (nSPS) is 19.0. The Kier molecular flexibility index (Phi) is 6.78. The molecule has 1 N–H and O–H groups in total. The van der Waals surface area contributed by atoms with Gasteiger partial charge in [0.25, 0.3) is 11.5 Å². The van der Waals surface area contributed by atoms with E-state index in [0.717, 1.165) is 65.3 Å². The van der Waals surface area contributed by atoms with Crippen molar-refractivity contribution in [2.24, 2.45) is 11.0 Å². The first-order valence-corrected chi connectivity index (χ1v) is 13.8. The molecule has 2 aliphatic rings. The molecule has 0 saturated carbocycles. The van der Waals surface area contributed by atoms with E-state index in [4.69, 9.17) is 16.3 Å². The van der Waals surface area contributed by atoms with Gasteiger partial charge in [0, 0.05) is 59.5 Å². The number of carbonyl (C=O) groups is 1. The van der Waals surface area contributed by atoms with Gasteiger partial charge >= 0.3 is 0 Å². The zero-order valence-electron chi connectivity index (χ0n) is 20.9. The lowest BCUT2D eigenvalue weighted by atomic mass is 9.83. The predicted molar refractivity (Wildman–Crippen MR) is 152 cm³/mol. The van der Waals surface area contributed by atoms with Gasteiger partial charge in [-0.1, -0.05) is 35.9 Å². The van der Waals surface area contributed by atoms with Crippen LogP contribution >= 0.6 is 22.9 Å². The molecule has 2 bridgehead atoms. The van der Waals surface area contributed by atoms with Crippen LogP contribution in [0.1, 0.15) is 38.8 Å². The Balaban J connectivity index is 1.16. The number of ether oxygens (including phenoxy) is 1. The summed E-state index contributed by atoms with van der Waals surface area (Å²) in [6.07, 6.45) is 2.75. The number of fused-ring (bicyclic) bond motifs is 5. The summed E-state index contributed by atoms with van der Waals surface area (Å²) in [5.41, 5.74) is 5.76. The first kappa shape index (κ1) is 24.9. The Labute approximate surface area is 229 Å². The van der Waals surface area contributed by atoms with Gasteiger partial charge in [0.15, 0.2) is 0 Å². The van der Waals surface area contributed by atoms with E-state index >= 15 is 0 Å². The number of piperidine rings is 1. The van der Waals surface area contributed by atoms with Gasteiger partial charge in [0.05, 0.1) is 18.3 Å². The molecule has 0 aliphatic carbocycles. The number of aromatic nitrogens is 1. The van der Waals surface area contributed by atoms with Gasteiger partial charge in [-0.05, 0) is 48.2 Å². The van der Waals surface area contributed by atoms with E-state index in [-0.39, 0.29) is 11.5 Å². The van der Waals surface area contributed by atoms with Crippen molar-refractivity contribution in [2.75, 3.05) is 20.2 Å². The number of pyridine rings is 1. The molecule has 2 atom stereocenters. The summed E-state index contributed by atoms with van der Waals surface area (Å²) < 4.78 is 8.57. The first-order valence-electron chi connectivity index (χ1n) is 12.6. The average molecular weight is 547 g/mol. The standard InChI is InChI=1S/C29H27ClN4O3S/c1-37-24-10-9-18(13-31-32-29(36)28-27(30)22-5-2-3-7-25(22)38-28)11-21(24)17-33-14-19-12-20(16-33)23-6-4-8-26(35)34(23)15-19/h2-11,13,19-20H,12,14-17H2,1H3,(H,32,36)/b31-13-/t19-,20-/m0/s1. The fourth-order valence-corrected chi connectivity index (χ4v) is 7.15. The molecule has 38 heavy (non-hydrogen) atoms. The third-order valence-electron chi connectivity index (χ3n) is 7.37. The minimum Gasteiger partial charge on any atom is -0.496 e. The zero-order valence-corrected chi connectivity index (χ0v) is 22.5. The second-order valence-corrected chi connectivity index (χ2v) is 11.3. The number of likely N-dealkylation sites (tertiary alicyclic amines) is 1. The summed E-state index contributed by atoms with van der Waals surface area (Å²) in [7, 11) is 1.68. The van der Waals surface area contributed by atoms with Gasteiger partial charge in [0.2, 0.25) is 0 Å². The molecule has 2 aromatic heterocycles. The average Bonchev–Trinajstić information content (AvgIpc) is 3.26. The van der Waals surface area contributed by atoms with Crippen LogP contribution in [0, 0.1) is 5.92 Å². The second kappa shape index (κ2) is 10.4. The van der Waals surface area contributed by atoms with E-state index in [1.54, 1.807) is 19.4 Å². The molecule has 194 valence electrons. The molecule has 4 heterocycles. The Morgan fingerprint density at radius 2 is 2.03 bits per heavy atom. The molecule has 0 unspecified atom stereocenters. The number of thiophene rings is 1. The third-order valence-corrected chi connectivity index (χ3v) is 9.05. The van der Waals surface area contributed by atoms with Gasteiger partial charge < -0.3 is 9.30 Å². The maximum absolute atomic E-state index is 12.7. The van der Waals surface area contributed by atoms with Crippen LogP contribution in [0.15, 0.2) is 70.6 Å². The molecule has 2 aliphatic heterocycles. The van der Waals surface area contributed by atoms with E-state index in [1.807, 2.05) is 53.1 Å². The maximum Gasteiger partial charge on any atom is 0.283 e. The summed E-state index contributed by atoms with van der Waals surface area (Å²) in [6.45, 7) is 3.34. The van der Waals surface area contributed by atoms with Crippen molar-refractivity contribution >= 4 is 45.1 Å². The van der Waals surface area contributed by atoms with Crippen LogP contribution in [-0.2, 0) is 13.1 Å². The van der Waals surface area contributed by atoms with Crippen molar-refractivity contribution in [3.63, 3.8) is 0 Å². The molecular formula is C29H27ClN4O3S. The molecule has 0 spiro atoms. The fraction of sp³-hybridized carbons (Fsp3) is 0.276. The smallest absolute Gasteiger partial charge is 0.283 e. The highest BCUT2D eigenvalue weighted by atomic mass is 35.5. The molecule has 1 fully saturated rings. The summed E-state index contributed by atoms with van der Waals surface area (Å²) in [5, 5.41) is 5.50. The van der Waals surface area contributed by atoms with Crippen LogP contribution < -0.4 is 15.7 Å². The molecule has 0 radical (unpaired) electrons. The van der Waals surface area contributed by atoms with Gasteiger partial charge in [-0.15, -0.1) is 11.3 Å². The van der Waals surface area contributed by atoms with Crippen LogP contribution in [-0.4, -0.2) is 41.8 Å². The number of hydrogen-bond donors (Lipinski definition) is 1. The molecule has 9 heteroatoms. The van der Waals surface area contributed by atoms with Crippen LogP contribution in [0.2, 0.25) is 5.02 Å². The van der Waals surface area contributed by atoms with Crippen LogP contribution in [0.3, 0.4) is 0 Å². The van der Waals surface area contributed by atoms with Crippen LogP contribution in [0.5, 0.6) is 5.75 Å². The highest BCUT2D eigenvalue weighted by Crippen LogP contribution is 2.37. The molecule has 2 aromatic carbocycles. The summed E-state index contributed by atoms with van der Waals surface area (Å²) in [6, 6.07) is 19.2. The molecule has 4 aromatic rings. The monoisotopic (exact) mass is 546 g/mol. The number of halogens is 1. The summed E-state index contributed by atoms with van der Waals surface area (Å²) in [5.74, 6) is 1.28. The van der Waals surface area contributed by atoms with Gasteiger partial charge in [-0.25, -0.2) is 5.43 Å². The number of nitrogens with zero attached hydrogens (tertiary/aromatic N) is 3. The highest BCUT2D eigenvalue weighted by molar-refractivity contribution is 7.21. The van der Waals surface area contributed by atoms with Crippen molar-refractivity contribution in [3.8, 4) is 5.75 Å². The van der Waals surface area contributed by atoms with E-state index in [2.05, 4.69) is 21.5 Å². The van der Waals surface area contributed by atoms with Crippen molar-refractivity contribution in [2.45, 2.75) is 25.4 Å². The highest BCUT2D eigenvalue weighted by Gasteiger charge is 2.34. The molecule has 6 rings (SSSR count). The fourth-order valence-electron chi connectivity index (χ4n) is 5.74. The maximum atomic E-state index is 12.7. The molecule has 7 nitrogen and oxygen atoms in total. The number of hydrazone groups is 1. The Hall–Kier alpha value is -3.46. The predicted octanol–water partition coefficient (Wildman–Crippen LogP) is 5.11. The lowest BCUT2D eigenvalue weighted by Gasteiger charge is -2.42. The van der Waals surface area contributed by atoms with Gasteiger partial charge in [-0.2, -0.15) is 5.10 Å². The molecule has 1 saturated heterocycles. The number of carbonyl (C=O) groups excluding carboxylic acids is 1. The summed E-state index contributed by atoms with van der Waals surface area (Å²) in [4.78, 5) is 27.9. The number of benzene rings is 2. The van der Waals surface area contributed by atoms with Gasteiger partial charge in [0.1, 0.15) is 10.6 Å². The number of nitrogens with one attached hydrogen (secondary N) is 1. The second-order valence-electron chi connectivity index (χ2n) is 9.90. The minimum atomic E-state index is -0.333. The first-order chi connectivity index (χ1) is 18.5. The molecule has 1 amide bonds. The van der Waals surface area contributed by atoms with Crippen LogP contribution in [0.4, 0.5) is 0 Å². The number of hydrogen-bond acceptors (Lipinski definition) is 6. The zero-order chi connectivity index (χ0) is 26.2. The van der Waals surface area contributed by atoms with E-state index < -0.39 is 0 Å². The van der Waals surface area contributed by atoms with Crippen LogP contribution in [0.25, 0.3) is 10.1 Å². The number of methoxy groups -OCH3 is 1. The summed E-state index contributed by atoms with van der Waals surface area (Å²) >= 11 is 7.78. The van der Waals surface area contributed by atoms with Crippen molar-refractivity contribution in [3.05, 3.63) is 97.7 Å². The Bertz CT molecular complexity index is 1610. The van der Waals surface area contributed by atoms with Crippen molar-refractivity contribution in [1.29, 1.82) is 0 Å². The Morgan fingerprint density at radius 1 is 1.16 bits per heavy atom. The van der Waals surface area contributed by atoms with Crippen molar-refractivity contribution < 1.29 is 9.53 Å². The largest absolute Gasteiger partial charge is 0.496 e. The number of amides is 1. The SMILES string of the molecule is COc1ccc(/C=N\NC(=O)c2sc3ccccc3c2Cl)cc1CN1C[C@@H]2C[C@@H](C1)c1cccc(=O)n1C2. The van der Waals surface area contributed by atoms with E-state index in [1.165, 1.54) is 11.3 Å². The Morgan fingerprint density at radius 3 is 2.87 bits per heavy atom. The third kappa shape index (κ3) is 4.75. The quantitative estimate of drug-likeness (QED) is 0.269. The lowest BCUT2D eigenvalue weighted by Crippen LogP contribution is -2.46. The van der Waals surface area contributed by atoms with E-state index in [9.17, 15) is 9.59 Å². The van der Waals surface area contributed by atoms with E-state index in [0.29, 0.717) is 21.7 Å². The molecular weight excluding hydrogens is 520 g/mol. The van der Waals surface area contributed by atoms with Crippen molar-refractivity contribution in [1.82, 2.24) is 14.9 Å². The topological polar surface area (TPSA) is 75.9 Å². The van der Waals surface area contributed by atoms with Gasteiger partial charge in [-0.3, -0.25) is 14.5 Å². The minimum absolute atomic E-state index is 0.0982. The number of rotatable bonds is 6. The lowest BCUT2D eigenvalue weighted by molar-refractivity contribution is 0.0959.